The minimum atomic E-state index is -0.255. The molecular weight excluding hydrogens is 230 g/mol. The fraction of sp³-hybridized carbons (Fsp3) is 0.500. The van der Waals surface area contributed by atoms with E-state index < -0.39 is 0 Å². The summed E-state index contributed by atoms with van der Waals surface area (Å²) in [7, 11) is 0. The van der Waals surface area contributed by atoms with Crippen LogP contribution >= 0.6 is 0 Å². The molecule has 18 heavy (non-hydrogen) atoms. The smallest absolute Gasteiger partial charge is 0.325 e. The first-order valence-corrected chi connectivity index (χ1v) is 6.18. The van der Waals surface area contributed by atoms with Gasteiger partial charge in [0.1, 0.15) is 12.3 Å². The van der Waals surface area contributed by atoms with E-state index in [1.165, 1.54) is 0 Å². The molecule has 1 N–H and O–H groups in total. The molecule has 0 aliphatic rings. The van der Waals surface area contributed by atoms with Gasteiger partial charge in [0, 0.05) is 18.3 Å². The van der Waals surface area contributed by atoms with Gasteiger partial charge in [0.05, 0.1) is 6.10 Å². The van der Waals surface area contributed by atoms with Gasteiger partial charge in [-0.25, -0.2) is 0 Å². The number of carbonyl (C=O) groups excluding carboxylic acids is 1. The average molecular weight is 251 g/mol. The van der Waals surface area contributed by atoms with Crippen molar-refractivity contribution in [1.82, 2.24) is 0 Å². The standard InChI is InChI=1S/C14H21NO3/c1-5-15(9-14(17)18-10(2)3)13-8-12(16)7-6-11(13)4/h6-8,10,16H,5,9H2,1-4H3. The number of anilines is 1. The van der Waals surface area contributed by atoms with Gasteiger partial charge in [-0.15, -0.1) is 0 Å². The number of ether oxygens (including phenoxy) is 1. The first-order valence-electron chi connectivity index (χ1n) is 6.18. The van der Waals surface area contributed by atoms with Crippen molar-refractivity contribution in [2.75, 3.05) is 18.0 Å². The topological polar surface area (TPSA) is 49.8 Å². The van der Waals surface area contributed by atoms with E-state index in [0.29, 0.717) is 6.54 Å². The predicted octanol–water partition coefficient (Wildman–Crippen LogP) is 2.48. The summed E-state index contributed by atoms with van der Waals surface area (Å²) in [6, 6.07) is 5.14. The monoisotopic (exact) mass is 251 g/mol. The van der Waals surface area contributed by atoms with Crippen molar-refractivity contribution in [3.8, 4) is 5.75 Å². The number of hydrogen-bond donors (Lipinski definition) is 1. The number of nitrogens with zero attached hydrogens (tertiary/aromatic N) is 1. The zero-order chi connectivity index (χ0) is 13.7. The van der Waals surface area contributed by atoms with E-state index in [9.17, 15) is 9.90 Å². The van der Waals surface area contributed by atoms with Gasteiger partial charge in [-0.05, 0) is 39.3 Å². The highest BCUT2D eigenvalue weighted by atomic mass is 16.5. The highest BCUT2D eigenvalue weighted by Gasteiger charge is 2.14. The summed E-state index contributed by atoms with van der Waals surface area (Å²) in [5.74, 6) is -0.0548. The summed E-state index contributed by atoms with van der Waals surface area (Å²) in [5.41, 5.74) is 1.88. The summed E-state index contributed by atoms with van der Waals surface area (Å²) >= 11 is 0. The van der Waals surface area contributed by atoms with E-state index in [1.54, 1.807) is 12.1 Å². The number of hydrogen-bond acceptors (Lipinski definition) is 4. The van der Waals surface area contributed by atoms with Crippen LogP contribution in [0.1, 0.15) is 26.3 Å². The van der Waals surface area contributed by atoms with Crippen LogP contribution in [0.5, 0.6) is 5.75 Å². The number of benzene rings is 1. The van der Waals surface area contributed by atoms with Gasteiger partial charge in [-0.1, -0.05) is 6.07 Å². The summed E-state index contributed by atoms with van der Waals surface area (Å²) in [4.78, 5) is 13.6. The van der Waals surface area contributed by atoms with Gasteiger partial charge in [0.15, 0.2) is 0 Å². The molecule has 0 saturated heterocycles. The third-order valence-electron chi connectivity index (χ3n) is 2.60. The molecule has 0 aliphatic carbocycles. The third-order valence-corrected chi connectivity index (χ3v) is 2.60. The van der Waals surface area contributed by atoms with Crippen LogP contribution in [0.3, 0.4) is 0 Å². The van der Waals surface area contributed by atoms with Crippen molar-refractivity contribution in [3.63, 3.8) is 0 Å². The number of aryl methyl sites for hydroxylation is 1. The highest BCUT2D eigenvalue weighted by molar-refractivity contribution is 5.76. The fourth-order valence-corrected chi connectivity index (χ4v) is 1.76. The van der Waals surface area contributed by atoms with Crippen molar-refractivity contribution < 1.29 is 14.6 Å². The first-order chi connectivity index (χ1) is 8.43. The summed E-state index contributed by atoms with van der Waals surface area (Å²) in [6.07, 6.45) is -0.110. The third kappa shape index (κ3) is 3.95. The van der Waals surface area contributed by atoms with Crippen molar-refractivity contribution in [2.45, 2.75) is 33.8 Å². The van der Waals surface area contributed by atoms with Gasteiger partial charge < -0.3 is 14.7 Å². The molecule has 0 aliphatic heterocycles. The van der Waals surface area contributed by atoms with E-state index in [0.717, 1.165) is 11.3 Å². The van der Waals surface area contributed by atoms with Crippen molar-refractivity contribution in [3.05, 3.63) is 23.8 Å². The van der Waals surface area contributed by atoms with Gasteiger partial charge in [-0.3, -0.25) is 4.79 Å². The summed E-state index contributed by atoms with van der Waals surface area (Å²) in [6.45, 7) is 8.44. The number of phenolic OH excluding ortho intramolecular Hbond substituents is 1. The van der Waals surface area contributed by atoms with Crippen LogP contribution in [-0.2, 0) is 9.53 Å². The number of likely N-dealkylation sites (N-methyl/N-ethyl adjacent to an activating group) is 1. The lowest BCUT2D eigenvalue weighted by Gasteiger charge is -2.24. The second kappa shape index (κ2) is 6.28. The highest BCUT2D eigenvalue weighted by Crippen LogP contribution is 2.24. The second-order valence-electron chi connectivity index (χ2n) is 4.52. The minimum Gasteiger partial charge on any atom is -0.508 e. The molecular formula is C14H21NO3. The van der Waals surface area contributed by atoms with E-state index in [1.807, 2.05) is 38.7 Å². The Bertz CT molecular complexity index is 416. The van der Waals surface area contributed by atoms with E-state index in [-0.39, 0.29) is 24.4 Å². The zero-order valence-corrected chi connectivity index (χ0v) is 11.4. The van der Waals surface area contributed by atoms with E-state index in [4.69, 9.17) is 4.74 Å². The Balaban J connectivity index is 2.83. The van der Waals surface area contributed by atoms with Gasteiger partial charge in [0.25, 0.3) is 0 Å². The number of rotatable bonds is 5. The van der Waals surface area contributed by atoms with Crippen LogP contribution in [-0.4, -0.2) is 30.3 Å². The lowest BCUT2D eigenvalue weighted by Crippen LogP contribution is -2.32. The molecule has 0 atom stereocenters. The Kier molecular flexibility index (Phi) is 5.01. The Labute approximate surface area is 108 Å². The summed E-state index contributed by atoms with van der Waals surface area (Å²) < 4.78 is 5.13. The van der Waals surface area contributed by atoms with Crippen LogP contribution in [0.2, 0.25) is 0 Å². The molecule has 4 nitrogen and oxygen atoms in total. The molecule has 1 aromatic rings. The number of aromatic hydroxyl groups is 1. The molecule has 0 unspecified atom stereocenters. The molecule has 100 valence electrons. The lowest BCUT2D eigenvalue weighted by molar-refractivity contribution is -0.145. The average Bonchev–Trinajstić information content (AvgIpc) is 2.28. The van der Waals surface area contributed by atoms with Crippen LogP contribution in [0.25, 0.3) is 0 Å². The molecule has 1 aromatic carbocycles. The number of phenols is 1. The maximum absolute atomic E-state index is 11.7. The van der Waals surface area contributed by atoms with Gasteiger partial charge >= 0.3 is 5.97 Å². The van der Waals surface area contributed by atoms with Crippen LogP contribution in [0, 0.1) is 6.92 Å². The van der Waals surface area contributed by atoms with Crippen molar-refractivity contribution >= 4 is 11.7 Å². The number of carbonyl (C=O) groups is 1. The Morgan fingerprint density at radius 1 is 1.44 bits per heavy atom. The molecule has 0 saturated carbocycles. The SMILES string of the molecule is CCN(CC(=O)OC(C)C)c1cc(O)ccc1C. The van der Waals surface area contributed by atoms with Gasteiger partial charge in [0.2, 0.25) is 0 Å². The largest absolute Gasteiger partial charge is 0.508 e. The Morgan fingerprint density at radius 3 is 2.67 bits per heavy atom. The van der Waals surface area contributed by atoms with Crippen molar-refractivity contribution in [1.29, 1.82) is 0 Å². The minimum absolute atomic E-state index is 0.110. The van der Waals surface area contributed by atoms with E-state index >= 15 is 0 Å². The fourth-order valence-electron chi connectivity index (χ4n) is 1.76. The van der Waals surface area contributed by atoms with E-state index in [2.05, 4.69) is 0 Å². The van der Waals surface area contributed by atoms with Crippen molar-refractivity contribution in [2.24, 2.45) is 0 Å². The first kappa shape index (κ1) is 14.4. The quantitative estimate of drug-likeness (QED) is 0.817. The Hall–Kier alpha value is -1.71. The maximum atomic E-state index is 11.7. The molecule has 0 radical (unpaired) electrons. The van der Waals surface area contributed by atoms with Crippen LogP contribution in [0.15, 0.2) is 18.2 Å². The van der Waals surface area contributed by atoms with Crippen LogP contribution < -0.4 is 4.90 Å². The second-order valence-corrected chi connectivity index (χ2v) is 4.52. The predicted molar refractivity (Wildman–Crippen MR) is 72.0 cm³/mol. The summed E-state index contributed by atoms with van der Waals surface area (Å²) in [5, 5.41) is 9.52. The lowest BCUT2D eigenvalue weighted by atomic mass is 10.1. The Morgan fingerprint density at radius 2 is 2.11 bits per heavy atom. The molecule has 0 fully saturated rings. The molecule has 0 amide bonds. The molecule has 4 heteroatoms. The normalized spacial score (nSPS) is 10.5. The molecule has 0 aromatic heterocycles. The molecule has 0 heterocycles. The molecule has 0 spiro atoms. The van der Waals surface area contributed by atoms with Crippen LogP contribution in [0.4, 0.5) is 5.69 Å². The zero-order valence-electron chi connectivity index (χ0n) is 11.4. The number of esters is 1. The maximum Gasteiger partial charge on any atom is 0.325 e. The van der Waals surface area contributed by atoms with Gasteiger partial charge in [-0.2, -0.15) is 0 Å². The molecule has 0 bridgehead atoms. The molecule has 1 rings (SSSR count).